The van der Waals surface area contributed by atoms with Gasteiger partial charge in [0.1, 0.15) is 23.3 Å². The molecule has 3 heterocycles. The number of methoxy groups -OCH3 is 1. The first-order chi connectivity index (χ1) is 18.2. The van der Waals surface area contributed by atoms with Gasteiger partial charge in [0.25, 0.3) is 5.91 Å². The highest BCUT2D eigenvalue weighted by Crippen LogP contribution is 2.52. The zero-order valence-corrected chi connectivity index (χ0v) is 21.5. The summed E-state index contributed by atoms with van der Waals surface area (Å²) in [6, 6.07) is 13.6. The first-order valence-corrected chi connectivity index (χ1v) is 13.1. The quantitative estimate of drug-likeness (QED) is 0.355. The Morgan fingerprint density at radius 2 is 1.84 bits per heavy atom. The van der Waals surface area contributed by atoms with Crippen LogP contribution in [0.2, 0.25) is 0 Å². The molecular formula is C25H21N3O8S2. The number of nitrogens with one attached hydrogen (secondary N) is 2. The molecule has 2 aromatic carbocycles. The van der Waals surface area contributed by atoms with Gasteiger partial charge in [-0.25, -0.2) is 0 Å². The number of hydrogen-bond acceptors (Lipinski definition) is 9. The molecule has 0 spiro atoms. The van der Waals surface area contributed by atoms with Crippen molar-refractivity contribution in [3.8, 4) is 11.5 Å². The normalized spacial score (nSPS) is 20.0. The van der Waals surface area contributed by atoms with E-state index in [0.29, 0.717) is 32.7 Å². The van der Waals surface area contributed by atoms with Gasteiger partial charge in [0.2, 0.25) is 11.8 Å². The highest BCUT2D eigenvalue weighted by molar-refractivity contribution is 8.00. The lowest BCUT2D eigenvalue weighted by Gasteiger charge is -2.30. The number of thioether (sulfide) groups is 1. The number of carbonyl (C=O) groups is 4. The van der Waals surface area contributed by atoms with Crippen LogP contribution < -0.4 is 19.7 Å². The van der Waals surface area contributed by atoms with E-state index in [1.54, 1.807) is 55.6 Å². The van der Waals surface area contributed by atoms with Gasteiger partial charge < -0.3 is 24.9 Å². The number of hydrogen-bond donors (Lipinski definition) is 3. The highest BCUT2D eigenvalue weighted by atomic mass is 32.2. The first-order valence-electron chi connectivity index (χ1n) is 11.4. The molecule has 3 atom stereocenters. The average Bonchev–Trinajstić information content (AvgIpc) is 3.38. The van der Waals surface area contributed by atoms with E-state index in [2.05, 4.69) is 10.3 Å². The van der Waals surface area contributed by atoms with Crippen LogP contribution in [-0.2, 0) is 19.2 Å². The van der Waals surface area contributed by atoms with Crippen LogP contribution in [0.25, 0.3) is 0 Å². The van der Waals surface area contributed by atoms with E-state index in [1.807, 2.05) is 0 Å². The van der Waals surface area contributed by atoms with Crippen LogP contribution in [0.3, 0.4) is 0 Å². The summed E-state index contributed by atoms with van der Waals surface area (Å²) < 4.78 is 10.8. The second-order valence-corrected chi connectivity index (χ2v) is 10.7. The SMILES string of the molecule is COc1ccc(NC(=O)COc2cccc([C@@H]3c4sc(=O)[nH]c4S[C@@H]4C(=O)N(CC(=O)O)C(=O)[C@H]34)c2)cc1. The van der Waals surface area contributed by atoms with Gasteiger partial charge in [-0.15, -0.1) is 0 Å². The number of fused-ring (bicyclic) bond motifs is 2. The van der Waals surface area contributed by atoms with Gasteiger partial charge in [-0.3, -0.25) is 28.9 Å². The number of nitrogens with zero attached hydrogens (tertiary/aromatic N) is 1. The molecule has 1 aromatic heterocycles. The number of carboxylic acid groups (broad SMARTS) is 1. The van der Waals surface area contributed by atoms with Crippen LogP contribution in [0.5, 0.6) is 11.5 Å². The maximum atomic E-state index is 13.3. The fourth-order valence-corrected chi connectivity index (χ4v) is 7.08. The number of carboxylic acids is 1. The second-order valence-electron chi connectivity index (χ2n) is 8.54. The second kappa shape index (κ2) is 10.3. The third-order valence-corrected chi connectivity index (χ3v) is 8.57. The first kappa shape index (κ1) is 25.5. The van der Waals surface area contributed by atoms with E-state index in [-0.39, 0.29) is 17.4 Å². The molecule has 3 amide bonds. The lowest BCUT2D eigenvalue weighted by molar-refractivity contribution is -0.149. The number of ether oxygens (including phenoxy) is 2. The Kier molecular flexibility index (Phi) is 6.95. The fraction of sp³-hybridized carbons (Fsp3) is 0.240. The number of H-pyrrole nitrogens is 1. The van der Waals surface area contributed by atoms with Crippen LogP contribution in [0.15, 0.2) is 58.4 Å². The molecule has 0 unspecified atom stereocenters. The number of benzene rings is 2. The average molecular weight is 556 g/mol. The number of anilines is 1. The van der Waals surface area contributed by atoms with Gasteiger partial charge in [0.15, 0.2) is 6.61 Å². The van der Waals surface area contributed by atoms with Gasteiger partial charge in [0, 0.05) is 16.5 Å². The number of aromatic amines is 1. The zero-order valence-electron chi connectivity index (χ0n) is 19.8. The maximum absolute atomic E-state index is 13.3. The van der Waals surface area contributed by atoms with Crippen LogP contribution in [-0.4, -0.2) is 64.2 Å². The van der Waals surface area contributed by atoms with E-state index in [9.17, 15) is 29.1 Å². The number of amides is 3. The number of imide groups is 1. The molecule has 0 aliphatic carbocycles. The van der Waals surface area contributed by atoms with E-state index in [0.717, 1.165) is 28.0 Å². The molecule has 0 radical (unpaired) electrons. The lowest BCUT2D eigenvalue weighted by Crippen LogP contribution is -2.36. The molecule has 3 N–H and O–H groups in total. The number of aliphatic carboxylic acids is 1. The number of rotatable bonds is 8. The van der Waals surface area contributed by atoms with Gasteiger partial charge in [0.05, 0.1) is 18.1 Å². The molecule has 13 heteroatoms. The summed E-state index contributed by atoms with van der Waals surface area (Å²) >= 11 is 2.01. The lowest BCUT2D eigenvalue weighted by atomic mass is 9.83. The summed E-state index contributed by atoms with van der Waals surface area (Å²) in [5.74, 6) is -3.43. The van der Waals surface area contributed by atoms with Crippen molar-refractivity contribution in [2.24, 2.45) is 5.92 Å². The van der Waals surface area contributed by atoms with Crippen molar-refractivity contribution in [1.82, 2.24) is 9.88 Å². The standard InChI is InChI=1S/C25H21N3O8S2/c1-35-14-7-5-13(6-8-14)26-16(29)11-36-15-4-2-3-12(9-15)18-19-21(37-22-20(18)38-25(34)27-22)24(33)28(23(19)32)10-17(30)31/h2-9,18-19,21H,10-11H2,1H3,(H,26,29)(H,27,34)(H,30,31)/t18-,19+,21-/m0/s1. The molecule has 2 aliphatic heterocycles. The predicted octanol–water partition coefficient (Wildman–Crippen LogP) is 2.14. The highest BCUT2D eigenvalue weighted by Gasteiger charge is 2.56. The Bertz CT molecular complexity index is 1480. The third-order valence-electron chi connectivity index (χ3n) is 6.17. The van der Waals surface area contributed by atoms with Crippen LogP contribution in [0.1, 0.15) is 16.4 Å². The molecule has 1 saturated heterocycles. The summed E-state index contributed by atoms with van der Waals surface area (Å²) in [5, 5.41) is 11.5. The monoisotopic (exact) mass is 555 g/mol. The fourth-order valence-electron chi connectivity index (χ4n) is 4.54. The molecule has 5 rings (SSSR count). The van der Waals surface area contributed by atoms with E-state index in [1.165, 1.54) is 0 Å². The van der Waals surface area contributed by atoms with E-state index >= 15 is 0 Å². The van der Waals surface area contributed by atoms with Gasteiger partial charge in [-0.05, 0) is 42.0 Å². The molecule has 2 aliphatic rings. The van der Waals surface area contributed by atoms with Gasteiger partial charge in [-0.1, -0.05) is 35.2 Å². The molecule has 0 bridgehead atoms. The van der Waals surface area contributed by atoms with Crippen LogP contribution in [0, 0.1) is 5.92 Å². The Morgan fingerprint density at radius 1 is 1.08 bits per heavy atom. The van der Waals surface area contributed by atoms with Crippen molar-refractivity contribution in [2.45, 2.75) is 16.2 Å². The Balaban J connectivity index is 1.38. The van der Waals surface area contributed by atoms with Gasteiger partial charge >= 0.3 is 10.8 Å². The molecule has 38 heavy (non-hydrogen) atoms. The molecule has 1 fully saturated rings. The summed E-state index contributed by atoms with van der Waals surface area (Å²) in [7, 11) is 1.55. The van der Waals surface area contributed by atoms with Crippen LogP contribution in [0.4, 0.5) is 5.69 Å². The molecule has 196 valence electrons. The number of thiazole rings is 1. The summed E-state index contributed by atoms with van der Waals surface area (Å²) in [6.07, 6.45) is 0. The van der Waals surface area contributed by atoms with Crippen molar-refractivity contribution in [2.75, 3.05) is 25.6 Å². The Hall–Kier alpha value is -4.10. The van der Waals surface area contributed by atoms with Crippen molar-refractivity contribution in [3.63, 3.8) is 0 Å². The van der Waals surface area contributed by atoms with Gasteiger partial charge in [-0.2, -0.15) is 0 Å². The molecule has 11 nitrogen and oxygen atoms in total. The number of aromatic nitrogens is 1. The molecule has 3 aromatic rings. The smallest absolute Gasteiger partial charge is 0.323 e. The van der Waals surface area contributed by atoms with Crippen LogP contribution >= 0.6 is 23.1 Å². The number of likely N-dealkylation sites (tertiary alicyclic amines) is 1. The largest absolute Gasteiger partial charge is 0.497 e. The van der Waals surface area contributed by atoms with Crippen molar-refractivity contribution in [1.29, 1.82) is 0 Å². The number of carbonyl (C=O) groups excluding carboxylic acids is 3. The topological polar surface area (TPSA) is 155 Å². The molecular weight excluding hydrogens is 534 g/mol. The Labute approximate surface area is 223 Å². The third kappa shape index (κ3) is 4.89. The minimum Gasteiger partial charge on any atom is -0.497 e. The summed E-state index contributed by atoms with van der Waals surface area (Å²) in [5.41, 5.74) is 1.17. The van der Waals surface area contributed by atoms with E-state index < -0.39 is 41.4 Å². The maximum Gasteiger partial charge on any atom is 0.323 e. The summed E-state index contributed by atoms with van der Waals surface area (Å²) in [6.45, 7) is -1.01. The molecule has 0 saturated carbocycles. The van der Waals surface area contributed by atoms with Crippen molar-refractivity contribution in [3.05, 3.63) is 68.6 Å². The minimum atomic E-state index is -1.29. The summed E-state index contributed by atoms with van der Waals surface area (Å²) in [4.78, 5) is 65.8. The minimum absolute atomic E-state index is 0.283. The predicted molar refractivity (Wildman–Crippen MR) is 138 cm³/mol. The van der Waals surface area contributed by atoms with Crippen molar-refractivity contribution < 1.29 is 33.8 Å². The Morgan fingerprint density at radius 3 is 2.55 bits per heavy atom. The van der Waals surface area contributed by atoms with E-state index in [4.69, 9.17) is 9.47 Å². The van der Waals surface area contributed by atoms with Crippen molar-refractivity contribution >= 4 is 52.5 Å². The zero-order chi connectivity index (χ0) is 27.0.